The fourth-order valence-electron chi connectivity index (χ4n) is 3.80. The Balaban J connectivity index is 0.00000160. The van der Waals surface area contributed by atoms with Crippen molar-refractivity contribution in [3.63, 3.8) is 0 Å². The summed E-state index contributed by atoms with van der Waals surface area (Å²) in [5.74, 6) is 0. The molecule has 0 N–H and O–H groups in total. The molecule has 1 unspecified atom stereocenters. The predicted octanol–water partition coefficient (Wildman–Crippen LogP) is -0.932. The number of aliphatic imine (C=N–C) groups is 1. The first-order valence-corrected chi connectivity index (χ1v) is 10.6. The van der Waals surface area contributed by atoms with Gasteiger partial charge < -0.3 is 57.3 Å². The van der Waals surface area contributed by atoms with E-state index in [-0.39, 0.29) is 48.0 Å². The van der Waals surface area contributed by atoms with Crippen molar-refractivity contribution in [1.82, 2.24) is 4.99 Å². The molecule has 0 amide bonds. The van der Waals surface area contributed by atoms with Crippen molar-refractivity contribution in [2.45, 2.75) is 23.8 Å². The Hall–Kier alpha value is -0.840. The number of hydrogen-bond acceptors (Lipinski definition) is 3. The van der Waals surface area contributed by atoms with Crippen molar-refractivity contribution in [1.29, 1.82) is 0 Å². The van der Waals surface area contributed by atoms with E-state index in [1.807, 2.05) is 18.0 Å². The van der Waals surface area contributed by atoms with Crippen molar-refractivity contribution in [3.8, 4) is 0 Å². The number of likely N-dealkylation sites (N-methyl/N-ethyl adjacent to an activating group) is 1. The lowest BCUT2D eigenvalue weighted by atomic mass is 9.95. The number of thioether (sulfide) groups is 1. The Morgan fingerprint density at radius 1 is 1.03 bits per heavy atom. The Bertz CT molecular complexity index is 976. The van der Waals surface area contributed by atoms with Gasteiger partial charge in [0.05, 0.1) is 42.4 Å². The summed E-state index contributed by atoms with van der Waals surface area (Å²) in [6.07, 6.45) is 8.73. The Morgan fingerprint density at radius 2 is 1.73 bits per heavy atom. The maximum atomic E-state index is 4.51. The number of allylic oxidation sites excluding steroid dienone is 2. The van der Waals surface area contributed by atoms with E-state index in [9.17, 15) is 0 Å². The van der Waals surface area contributed by atoms with E-state index in [1.165, 1.54) is 26.7 Å². The standard InChI is InChI=1S/C24H28N3S.2HI/c1-26-22-11-7-8-12-23(22)28-24(26)17-19(27(2,3)4)14-13-18-15-16-25-21-10-6-5-9-20(18)21;;/h5-12,15-17,19H,13-14H2,1-4H3;2*1H/q+2;;/p-2. The minimum absolute atomic E-state index is 0. The van der Waals surface area contributed by atoms with Crippen molar-refractivity contribution in [2.75, 3.05) is 33.1 Å². The Labute approximate surface area is 219 Å². The number of nitrogens with zero attached hydrogens (tertiary/aromatic N) is 3. The van der Waals surface area contributed by atoms with Crippen LogP contribution in [0.3, 0.4) is 0 Å². The molecular formula is C24H28I2N3S. The summed E-state index contributed by atoms with van der Waals surface area (Å²) in [5, 5.41) is 1.33. The van der Waals surface area contributed by atoms with Gasteiger partial charge in [-0.15, -0.1) is 0 Å². The van der Waals surface area contributed by atoms with Crippen LogP contribution in [0.2, 0.25) is 0 Å². The van der Waals surface area contributed by atoms with Gasteiger partial charge in [0.1, 0.15) is 6.04 Å². The third-order valence-corrected chi connectivity index (χ3v) is 6.73. The highest BCUT2D eigenvalue weighted by molar-refractivity contribution is 8.03. The largest absolute Gasteiger partial charge is 1.00 e. The van der Waals surface area contributed by atoms with Gasteiger partial charge in [-0.05, 0) is 30.2 Å². The summed E-state index contributed by atoms with van der Waals surface area (Å²) in [7, 11) is 9.05. The van der Waals surface area contributed by atoms with Crippen LogP contribution in [0.1, 0.15) is 18.4 Å². The highest BCUT2D eigenvalue weighted by atomic mass is 127. The predicted molar refractivity (Wildman–Crippen MR) is 122 cm³/mol. The van der Waals surface area contributed by atoms with E-state index in [0.29, 0.717) is 6.04 Å². The molecule has 30 heavy (non-hydrogen) atoms. The third kappa shape index (κ3) is 5.49. The maximum absolute atomic E-state index is 4.51. The number of halogens is 2. The average Bonchev–Trinajstić information content (AvgIpc) is 3.00. The fraction of sp³-hybridized carbons (Fsp3) is 0.292. The molecule has 2 heterocycles. The molecule has 2 aromatic carbocycles. The highest BCUT2D eigenvalue weighted by Crippen LogP contribution is 2.45. The maximum Gasteiger partial charge on any atom is 0.284 e. The van der Waals surface area contributed by atoms with Crippen LogP contribution in [0.4, 0.5) is 11.4 Å². The number of fused-ring (bicyclic) bond motifs is 2. The van der Waals surface area contributed by atoms with Gasteiger partial charge in [0, 0.05) is 36.6 Å². The first-order chi connectivity index (χ1) is 13.4. The third-order valence-electron chi connectivity index (χ3n) is 5.55. The minimum atomic E-state index is 0. The van der Waals surface area contributed by atoms with Gasteiger partial charge in [-0.25, -0.2) is 0 Å². The molecule has 0 saturated heterocycles. The highest BCUT2D eigenvalue weighted by Gasteiger charge is 2.28. The van der Waals surface area contributed by atoms with Crippen LogP contribution in [-0.2, 0) is 0 Å². The van der Waals surface area contributed by atoms with E-state index in [2.05, 4.69) is 98.8 Å². The molecular weight excluding hydrogens is 616 g/mol. The second-order valence-electron chi connectivity index (χ2n) is 8.34. The van der Waals surface area contributed by atoms with Crippen LogP contribution < -0.4 is 57.8 Å². The molecule has 1 radical (unpaired) electrons. The van der Waals surface area contributed by atoms with Crippen molar-refractivity contribution in [3.05, 3.63) is 71.3 Å². The van der Waals surface area contributed by atoms with Crippen molar-refractivity contribution >= 4 is 34.9 Å². The summed E-state index contributed by atoms with van der Waals surface area (Å²) < 4.78 is 0.914. The summed E-state index contributed by atoms with van der Waals surface area (Å²) >= 11 is 1.88. The van der Waals surface area contributed by atoms with E-state index < -0.39 is 0 Å². The van der Waals surface area contributed by atoms with Crippen LogP contribution in [0.25, 0.3) is 5.57 Å². The van der Waals surface area contributed by atoms with E-state index >= 15 is 0 Å². The molecule has 3 nitrogen and oxygen atoms in total. The average molecular weight is 644 g/mol. The van der Waals surface area contributed by atoms with Crippen LogP contribution in [-0.4, -0.2) is 44.9 Å². The van der Waals surface area contributed by atoms with Gasteiger partial charge >= 0.3 is 0 Å². The van der Waals surface area contributed by atoms with Crippen LogP contribution in [0, 0.1) is 0 Å². The van der Waals surface area contributed by atoms with Gasteiger partial charge in [-0.2, -0.15) is 0 Å². The monoisotopic (exact) mass is 644 g/mol. The second kappa shape index (κ2) is 10.7. The molecule has 2 aliphatic rings. The molecule has 6 heteroatoms. The quantitative estimate of drug-likeness (QED) is 0.310. The second-order valence-corrected chi connectivity index (χ2v) is 9.41. The molecule has 0 aliphatic carbocycles. The normalized spacial score (nSPS) is 16.9. The summed E-state index contributed by atoms with van der Waals surface area (Å²) in [5.41, 5.74) is 5.05. The zero-order valence-electron chi connectivity index (χ0n) is 17.8. The van der Waals surface area contributed by atoms with Gasteiger partial charge in [0.2, 0.25) is 6.21 Å². The lowest BCUT2D eigenvalue weighted by Gasteiger charge is -2.33. The molecule has 0 bridgehead atoms. The Kier molecular flexibility index (Phi) is 9.03. The zero-order valence-corrected chi connectivity index (χ0v) is 23.0. The first kappa shape index (κ1) is 25.4. The minimum Gasteiger partial charge on any atom is -1.00 e. The van der Waals surface area contributed by atoms with Crippen molar-refractivity contribution < 1.29 is 52.4 Å². The molecule has 1 atom stereocenters. The van der Waals surface area contributed by atoms with Gasteiger partial charge in [0.25, 0.3) is 5.69 Å². The number of rotatable bonds is 5. The van der Waals surface area contributed by atoms with E-state index in [0.717, 1.165) is 23.0 Å². The summed E-state index contributed by atoms with van der Waals surface area (Å²) in [6, 6.07) is 17.5. The smallest absolute Gasteiger partial charge is 0.284 e. The van der Waals surface area contributed by atoms with Gasteiger partial charge in [-0.1, -0.05) is 36.0 Å². The summed E-state index contributed by atoms with van der Waals surface area (Å²) in [4.78, 5) is 8.18. The van der Waals surface area contributed by atoms with Crippen molar-refractivity contribution in [2.24, 2.45) is 0 Å². The van der Waals surface area contributed by atoms with Crippen LogP contribution in [0.15, 0.2) is 70.6 Å². The topological polar surface area (TPSA) is 17.3 Å². The van der Waals surface area contributed by atoms with Gasteiger partial charge in [0.15, 0.2) is 0 Å². The SMILES string of the molecule is CN1C(=CC(CCC2=CC=[N+]c3ccccc32)[N+](C)(C)C)Sc2ccccc21.[I-].[I-]. The lowest BCUT2D eigenvalue weighted by molar-refractivity contribution is -0.889. The molecule has 0 spiro atoms. The molecule has 159 valence electrons. The molecule has 2 aliphatic heterocycles. The Morgan fingerprint density at radius 3 is 2.47 bits per heavy atom. The van der Waals surface area contributed by atoms with Crippen LogP contribution in [0.5, 0.6) is 0 Å². The van der Waals surface area contributed by atoms with E-state index in [4.69, 9.17) is 0 Å². The molecule has 0 fully saturated rings. The first-order valence-electron chi connectivity index (χ1n) is 9.79. The van der Waals surface area contributed by atoms with Crippen LogP contribution >= 0.6 is 11.8 Å². The number of hydrogen-bond donors (Lipinski definition) is 0. The number of benzene rings is 2. The fourth-order valence-corrected chi connectivity index (χ4v) is 4.94. The zero-order chi connectivity index (χ0) is 19.7. The van der Waals surface area contributed by atoms with E-state index in [1.54, 1.807) is 0 Å². The number of quaternary nitrogens is 1. The molecule has 0 aromatic heterocycles. The molecule has 4 rings (SSSR count). The summed E-state index contributed by atoms with van der Waals surface area (Å²) in [6.45, 7) is 0. The van der Waals surface area contributed by atoms with Gasteiger partial charge in [-0.3, -0.25) is 0 Å². The molecule has 0 saturated carbocycles. The lowest BCUT2D eigenvalue weighted by Crippen LogP contribution is -3.00. The number of anilines is 1. The molecule has 2 aromatic rings. The number of para-hydroxylation sites is 2.